The second kappa shape index (κ2) is 7.87. The maximum atomic E-state index is 11.8. The van der Waals surface area contributed by atoms with Gasteiger partial charge in [0, 0.05) is 6.54 Å². The van der Waals surface area contributed by atoms with Crippen molar-refractivity contribution >= 4 is 23.3 Å². The Hall–Kier alpha value is -3.22. The average Bonchev–Trinajstić information content (AvgIpc) is 2.55. The minimum Gasteiger partial charge on any atom is -0.507 e. The molecule has 7 nitrogen and oxygen atoms in total. The molecular weight excluding hydrogens is 310 g/mol. The smallest absolute Gasteiger partial charge is 0.307 e. The Bertz CT molecular complexity index is 770. The van der Waals surface area contributed by atoms with E-state index in [1.807, 2.05) is 0 Å². The van der Waals surface area contributed by atoms with Gasteiger partial charge in [-0.05, 0) is 42.8 Å². The summed E-state index contributed by atoms with van der Waals surface area (Å²) < 4.78 is 0. The molecule has 2 aromatic rings. The fraction of sp³-hybridized carbons (Fsp3) is 0.176. The molecule has 0 spiro atoms. The van der Waals surface area contributed by atoms with Gasteiger partial charge in [-0.2, -0.15) is 10.2 Å². The van der Waals surface area contributed by atoms with Gasteiger partial charge in [0.2, 0.25) is 0 Å². The maximum absolute atomic E-state index is 11.8. The first-order valence-electron chi connectivity index (χ1n) is 7.33. The second-order valence-corrected chi connectivity index (χ2v) is 5.00. The van der Waals surface area contributed by atoms with Gasteiger partial charge in [0.25, 0.3) is 5.91 Å². The zero-order valence-electron chi connectivity index (χ0n) is 13.1. The molecule has 1 amide bonds. The van der Waals surface area contributed by atoms with Gasteiger partial charge in [-0.15, -0.1) is 0 Å². The number of nitrogens with zero attached hydrogens (tertiary/aromatic N) is 2. The fourth-order valence-corrected chi connectivity index (χ4v) is 1.99. The Balaban J connectivity index is 2.15. The Morgan fingerprint density at radius 3 is 2.29 bits per heavy atom. The Kier molecular flexibility index (Phi) is 5.62. The Morgan fingerprint density at radius 2 is 1.67 bits per heavy atom. The molecule has 0 unspecified atom stereocenters. The van der Waals surface area contributed by atoms with E-state index < -0.39 is 5.97 Å². The van der Waals surface area contributed by atoms with Crippen LogP contribution in [0.5, 0.6) is 5.75 Å². The number of benzene rings is 2. The molecule has 0 aliphatic heterocycles. The fourth-order valence-electron chi connectivity index (χ4n) is 1.99. The summed E-state index contributed by atoms with van der Waals surface area (Å²) in [6.45, 7) is 2.24. The number of carbonyl (C=O) groups is 2. The Morgan fingerprint density at radius 1 is 1.04 bits per heavy atom. The lowest BCUT2D eigenvalue weighted by Gasteiger charge is -2.05. The van der Waals surface area contributed by atoms with Gasteiger partial charge in [-0.25, -0.2) is 0 Å². The molecule has 0 aromatic heterocycles. The van der Waals surface area contributed by atoms with Gasteiger partial charge < -0.3 is 15.5 Å². The van der Waals surface area contributed by atoms with Gasteiger partial charge in [0.15, 0.2) is 0 Å². The van der Waals surface area contributed by atoms with Crippen LogP contribution >= 0.6 is 0 Å². The molecule has 3 N–H and O–H groups in total. The molecule has 124 valence electrons. The standard InChI is InChI=1S/C17H17N3O4/c1-2-18-17(24)14-10-13(7-8-15(14)21)20-19-12-5-3-11(4-6-12)9-16(22)23/h3-8,10,21H,2,9H2,1H3,(H,18,24)(H,22,23)/b20-19+. The molecule has 7 heteroatoms. The molecular formula is C17H17N3O4. The van der Waals surface area contributed by atoms with Crippen molar-refractivity contribution in [2.24, 2.45) is 10.2 Å². The lowest BCUT2D eigenvalue weighted by molar-refractivity contribution is -0.136. The number of azo groups is 1. The van der Waals surface area contributed by atoms with E-state index in [0.717, 1.165) is 0 Å². The van der Waals surface area contributed by atoms with E-state index in [9.17, 15) is 14.7 Å². The van der Waals surface area contributed by atoms with Crippen LogP contribution in [0, 0.1) is 0 Å². The molecule has 0 saturated heterocycles. The van der Waals surface area contributed by atoms with Gasteiger partial charge in [-0.1, -0.05) is 12.1 Å². The van der Waals surface area contributed by atoms with E-state index >= 15 is 0 Å². The minimum atomic E-state index is -0.897. The van der Waals surface area contributed by atoms with Crippen molar-refractivity contribution in [2.75, 3.05) is 6.54 Å². The third-order valence-corrected chi connectivity index (χ3v) is 3.13. The number of rotatable bonds is 6. The van der Waals surface area contributed by atoms with E-state index in [4.69, 9.17) is 5.11 Å². The predicted molar refractivity (Wildman–Crippen MR) is 88.1 cm³/mol. The lowest BCUT2D eigenvalue weighted by Crippen LogP contribution is -2.22. The minimum absolute atomic E-state index is 0.0503. The van der Waals surface area contributed by atoms with Gasteiger partial charge in [-0.3, -0.25) is 9.59 Å². The van der Waals surface area contributed by atoms with Gasteiger partial charge in [0.1, 0.15) is 5.75 Å². The average molecular weight is 327 g/mol. The quantitative estimate of drug-likeness (QED) is 0.707. The monoisotopic (exact) mass is 327 g/mol. The first-order valence-corrected chi connectivity index (χ1v) is 7.33. The topological polar surface area (TPSA) is 111 Å². The molecule has 2 rings (SSSR count). The lowest BCUT2D eigenvalue weighted by atomic mass is 10.1. The van der Waals surface area contributed by atoms with Crippen LogP contribution in [0.2, 0.25) is 0 Å². The highest BCUT2D eigenvalue weighted by atomic mass is 16.4. The van der Waals surface area contributed by atoms with E-state index in [1.165, 1.54) is 12.1 Å². The van der Waals surface area contributed by atoms with E-state index in [-0.39, 0.29) is 23.6 Å². The molecule has 0 radical (unpaired) electrons. The van der Waals surface area contributed by atoms with Crippen molar-refractivity contribution < 1.29 is 19.8 Å². The second-order valence-electron chi connectivity index (χ2n) is 5.00. The summed E-state index contributed by atoms with van der Waals surface area (Å²) in [6.07, 6.45) is -0.0503. The summed E-state index contributed by atoms with van der Waals surface area (Å²) >= 11 is 0. The third-order valence-electron chi connectivity index (χ3n) is 3.13. The summed E-state index contributed by atoms with van der Waals surface area (Å²) in [5.74, 6) is -1.41. The zero-order valence-corrected chi connectivity index (χ0v) is 13.1. The number of aromatic hydroxyl groups is 1. The van der Waals surface area contributed by atoms with Crippen molar-refractivity contribution in [1.82, 2.24) is 5.32 Å². The van der Waals surface area contributed by atoms with Crippen molar-refractivity contribution in [1.29, 1.82) is 0 Å². The van der Waals surface area contributed by atoms with Crippen LogP contribution in [0.15, 0.2) is 52.7 Å². The van der Waals surface area contributed by atoms with Gasteiger partial charge in [0.05, 0.1) is 23.4 Å². The van der Waals surface area contributed by atoms with Crippen molar-refractivity contribution in [3.8, 4) is 5.75 Å². The van der Waals surface area contributed by atoms with Crippen molar-refractivity contribution in [3.63, 3.8) is 0 Å². The van der Waals surface area contributed by atoms with E-state index in [1.54, 1.807) is 37.3 Å². The molecule has 0 heterocycles. The van der Waals surface area contributed by atoms with Gasteiger partial charge >= 0.3 is 5.97 Å². The summed E-state index contributed by atoms with van der Waals surface area (Å²) in [4.78, 5) is 22.5. The summed E-state index contributed by atoms with van der Waals surface area (Å²) in [6, 6.07) is 11.0. The molecule has 0 bridgehead atoms. The highest BCUT2D eigenvalue weighted by molar-refractivity contribution is 5.97. The van der Waals surface area contributed by atoms with Crippen LogP contribution in [0.1, 0.15) is 22.8 Å². The first kappa shape index (κ1) is 17.1. The Labute approximate surface area is 138 Å². The summed E-state index contributed by atoms with van der Waals surface area (Å²) in [5, 5.41) is 29.1. The number of phenols is 1. The van der Waals surface area contributed by atoms with Crippen molar-refractivity contribution in [3.05, 3.63) is 53.6 Å². The molecule has 0 saturated carbocycles. The highest BCUT2D eigenvalue weighted by Crippen LogP contribution is 2.25. The summed E-state index contributed by atoms with van der Waals surface area (Å²) in [7, 11) is 0. The van der Waals surface area contributed by atoms with Crippen LogP contribution in [0.3, 0.4) is 0 Å². The number of carboxylic acid groups (broad SMARTS) is 1. The number of phenolic OH excluding ortho intramolecular Hbond substituents is 1. The predicted octanol–water partition coefficient (Wildman–Crippen LogP) is 3.18. The molecule has 0 aliphatic carbocycles. The molecule has 0 aliphatic rings. The zero-order chi connectivity index (χ0) is 17.5. The number of hydrogen-bond acceptors (Lipinski definition) is 5. The van der Waals surface area contributed by atoms with Crippen LogP contribution < -0.4 is 5.32 Å². The number of aliphatic carboxylic acids is 1. The van der Waals surface area contributed by atoms with Crippen LogP contribution in [-0.2, 0) is 11.2 Å². The number of hydrogen-bond donors (Lipinski definition) is 3. The summed E-state index contributed by atoms with van der Waals surface area (Å²) in [5.41, 5.74) is 1.77. The molecule has 0 atom stereocenters. The number of amides is 1. The van der Waals surface area contributed by atoms with Crippen LogP contribution in [-0.4, -0.2) is 28.6 Å². The maximum Gasteiger partial charge on any atom is 0.307 e. The number of carboxylic acids is 1. The normalized spacial score (nSPS) is 10.7. The van der Waals surface area contributed by atoms with E-state index in [2.05, 4.69) is 15.5 Å². The third kappa shape index (κ3) is 4.64. The number of carbonyl (C=O) groups excluding carboxylic acids is 1. The van der Waals surface area contributed by atoms with E-state index in [0.29, 0.717) is 23.5 Å². The first-order chi connectivity index (χ1) is 11.5. The SMILES string of the molecule is CCNC(=O)c1cc(/N=N/c2ccc(CC(=O)O)cc2)ccc1O. The van der Waals surface area contributed by atoms with Crippen LogP contribution in [0.4, 0.5) is 11.4 Å². The highest BCUT2D eigenvalue weighted by Gasteiger charge is 2.10. The number of nitrogens with one attached hydrogen (secondary N) is 1. The molecule has 2 aromatic carbocycles. The van der Waals surface area contributed by atoms with Crippen LogP contribution in [0.25, 0.3) is 0 Å². The molecule has 0 fully saturated rings. The molecule has 24 heavy (non-hydrogen) atoms. The largest absolute Gasteiger partial charge is 0.507 e. The van der Waals surface area contributed by atoms with Crippen molar-refractivity contribution in [2.45, 2.75) is 13.3 Å².